The van der Waals surface area contributed by atoms with Gasteiger partial charge in [0.15, 0.2) is 0 Å². The van der Waals surface area contributed by atoms with Crippen molar-refractivity contribution in [2.24, 2.45) is 0 Å². The fourth-order valence-corrected chi connectivity index (χ4v) is 2.66. The smallest absolute Gasteiger partial charge is 0.123 e. The Hall–Kier alpha value is -0.890. The number of aryl methyl sites for hydroxylation is 1. The van der Waals surface area contributed by atoms with Gasteiger partial charge in [0.2, 0.25) is 0 Å². The molecule has 1 aromatic rings. The average molecular weight is 221 g/mol. The molecule has 0 aliphatic carbocycles. The first kappa shape index (κ1) is 11.6. The largest absolute Gasteiger partial charge is 0.301 e. The number of likely N-dealkylation sites (tertiary alicyclic amines) is 1. The van der Waals surface area contributed by atoms with Crippen LogP contribution in [0, 0.1) is 5.82 Å². The van der Waals surface area contributed by atoms with Crippen LogP contribution in [0.1, 0.15) is 31.7 Å². The maximum absolute atomic E-state index is 13.0. The molecule has 0 unspecified atom stereocenters. The standard InChI is InChI=1S/C14H20FN/c1-2-16-10-4-7-14(16)9-8-12-5-3-6-13(15)11-12/h3,5-6,11,14H,2,4,7-10H2,1H3/t14-/m1/s1. The lowest BCUT2D eigenvalue weighted by Gasteiger charge is -2.22. The maximum Gasteiger partial charge on any atom is 0.123 e. The Morgan fingerprint density at radius 3 is 3.06 bits per heavy atom. The molecule has 1 saturated heterocycles. The van der Waals surface area contributed by atoms with Gasteiger partial charge in [0.1, 0.15) is 5.82 Å². The van der Waals surface area contributed by atoms with Gasteiger partial charge in [-0.3, -0.25) is 0 Å². The predicted octanol–water partition coefficient (Wildman–Crippen LogP) is 3.24. The number of halogens is 1. The van der Waals surface area contributed by atoms with E-state index < -0.39 is 0 Å². The van der Waals surface area contributed by atoms with Gasteiger partial charge in [-0.25, -0.2) is 4.39 Å². The molecule has 16 heavy (non-hydrogen) atoms. The van der Waals surface area contributed by atoms with E-state index >= 15 is 0 Å². The first-order valence-corrected chi connectivity index (χ1v) is 6.28. The van der Waals surface area contributed by atoms with Crippen molar-refractivity contribution < 1.29 is 4.39 Å². The molecule has 0 amide bonds. The molecule has 1 fully saturated rings. The monoisotopic (exact) mass is 221 g/mol. The van der Waals surface area contributed by atoms with E-state index in [4.69, 9.17) is 0 Å². The Labute approximate surface area is 97.3 Å². The van der Waals surface area contributed by atoms with Crippen molar-refractivity contribution in [1.82, 2.24) is 4.90 Å². The third kappa shape index (κ3) is 2.82. The second-order valence-corrected chi connectivity index (χ2v) is 4.59. The number of hydrogen-bond donors (Lipinski definition) is 0. The molecule has 88 valence electrons. The summed E-state index contributed by atoms with van der Waals surface area (Å²) in [5, 5.41) is 0. The molecule has 1 aromatic carbocycles. The van der Waals surface area contributed by atoms with Gasteiger partial charge in [-0.15, -0.1) is 0 Å². The molecule has 0 radical (unpaired) electrons. The highest BCUT2D eigenvalue weighted by atomic mass is 19.1. The van der Waals surface area contributed by atoms with E-state index in [0.29, 0.717) is 6.04 Å². The van der Waals surface area contributed by atoms with Crippen LogP contribution in [0.15, 0.2) is 24.3 Å². The summed E-state index contributed by atoms with van der Waals surface area (Å²) >= 11 is 0. The van der Waals surface area contributed by atoms with Crippen molar-refractivity contribution in [3.05, 3.63) is 35.6 Å². The third-order valence-corrected chi connectivity index (χ3v) is 3.56. The topological polar surface area (TPSA) is 3.24 Å². The van der Waals surface area contributed by atoms with E-state index in [2.05, 4.69) is 11.8 Å². The summed E-state index contributed by atoms with van der Waals surface area (Å²) < 4.78 is 13.0. The van der Waals surface area contributed by atoms with Gasteiger partial charge >= 0.3 is 0 Å². The van der Waals surface area contributed by atoms with Crippen molar-refractivity contribution in [2.75, 3.05) is 13.1 Å². The first-order valence-electron chi connectivity index (χ1n) is 6.28. The summed E-state index contributed by atoms with van der Waals surface area (Å²) in [5.41, 5.74) is 1.13. The second-order valence-electron chi connectivity index (χ2n) is 4.59. The van der Waals surface area contributed by atoms with Gasteiger partial charge in [0.25, 0.3) is 0 Å². The highest BCUT2D eigenvalue weighted by Crippen LogP contribution is 2.21. The van der Waals surface area contributed by atoms with E-state index in [9.17, 15) is 4.39 Å². The fraction of sp³-hybridized carbons (Fsp3) is 0.571. The highest BCUT2D eigenvalue weighted by molar-refractivity contribution is 5.16. The molecule has 0 N–H and O–H groups in total. The van der Waals surface area contributed by atoms with Crippen molar-refractivity contribution in [3.8, 4) is 0 Å². The SMILES string of the molecule is CCN1CCC[C@@H]1CCc1cccc(F)c1. The zero-order valence-corrected chi connectivity index (χ0v) is 9.95. The lowest BCUT2D eigenvalue weighted by atomic mass is 10.0. The first-order chi connectivity index (χ1) is 7.79. The average Bonchev–Trinajstić information content (AvgIpc) is 2.74. The lowest BCUT2D eigenvalue weighted by molar-refractivity contribution is 0.256. The van der Waals surface area contributed by atoms with Crippen LogP contribution in [-0.2, 0) is 6.42 Å². The minimum Gasteiger partial charge on any atom is -0.301 e. The summed E-state index contributed by atoms with van der Waals surface area (Å²) in [6.45, 7) is 4.61. The minimum absolute atomic E-state index is 0.115. The van der Waals surface area contributed by atoms with Gasteiger partial charge in [-0.1, -0.05) is 19.1 Å². The summed E-state index contributed by atoms with van der Waals surface area (Å²) in [6, 6.07) is 7.71. The van der Waals surface area contributed by atoms with E-state index in [1.54, 1.807) is 12.1 Å². The third-order valence-electron chi connectivity index (χ3n) is 3.56. The molecule has 0 aromatic heterocycles. The molecule has 2 heteroatoms. The Bertz CT molecular complexity index is 337. The Balaban J connectivity index is 1.87. The van der Waals surface area contributed by atoms with Gasteiger partial charge in [0.05, 0.1) is 0 Å². The molecule has 0 bridgehead atoms. The van der Waals surface area contributed by atoms with E-state index in [0.717, 1.165) is 24.9 Å². The van der Waals surface area contributed by atoms with Crippen LogP contribution in [-0.4, -0.2) is 24.0 Å². The van der Waals surface area contributed by atoms with Crippen LogP contribution in [0.4, 0.5) is 4.39 Å². The molecule has 0 spiro atoms. The summed E-state index contributed by atoms with van der Waals surface area (Å²) in [5.74, 6) is -0.115. The molecule has 1 aliphatic heterocycles. The predicted molar refractivity (Wildman–Crippen MR) is 65.0 cm³/mol. The molecule has 1 atom stereocenters. The maximum atomic E-state index is 13.0. The normalized spacial score (nSPS) is 21.5. The zero-order chi connectivity index (χ0) is 11.4. The Morgan fingerprint density at radius 2 is 2.31 bits per heavy atom. The Morgan fingerprint density at radius 1 is 1.44 bits per heavy atom. The van der Waals surface area contributed by atoms with Crippen molar-refractivity contribution in [2.45, 2.75) is 38.6 Å². The summed E-state index contributed by atoms with van der Waals surface area (Å²) in [4.78, 5) is 2.54. The van der Waals surface area contributed by atoms with E-state index in [-0.39, 0.29) is 5.82 Å². The van der Waals surface area contributed by atoms with Gasteiger partial charge < -0.3 is 4.90 Å². The van der Waals surface area contributed by atoms with E-state index in [1.807, 2.05) is 6.07 Å². The van der Waals surface area contributed by atoms with Crippen LogP contribution in [0.5, 0.6) is 0 Å². The van der Waals surface area contributed by atoms with E-state index in [1.165, 1.54) is 25.5 Å². The van der Waals surface area contributed by atoms with Crippen molar-refractivity contribution in [3.63, 3.8) is 0 Å². The quantitative estimate of drug-likeness (QED) is 0.754. The molecule has 0 saturated carbocycles. The van der Waals surface area contributed by atoms with Crippen LogP contribution < -0.4 is 0 Å². The zero-order valence-electron chi connectivity index (χ0n) is 9.95. The molecule has 2 rings (SSSR count). The molecule has 1 heterocycles. The number of nitrogens with zero attached hydrogens (tertiary/aromatic N) is 1. The number of rotatable bonds is 4. The van der Waals surface area contributed by atoms with Crippen molar-refractivity contribution in [1.29, 1.82) is 0 Å². The second kappa shape index (κ2) is 5.44. The highest BCUT2D eigenvalue weighted by Gasteiger charge is 2.22. The molecular formula is C14H20FN. The van der Waals surface area contributed by atoms with Crippen molar-refractivity contribution >= 4 is 0 Å². The van der Waals surface area contributed by atoms with Crippen LogP contribution in [0.3, 0.4) is 0 Å². The summed E-state index contributed by atoms with van der Waals surface area (Å²) in [6.07, 6.45) is 4.79. The van der Waals surface area contributed by atoms with Crippen LogP contribution in [0.2, 0.25) is 0 Å². The lowest BCUT2D eigenvalue weighted by Crippen LogP contribution is -2.29. The summed E-state index contributed by atoms with van der Waals surface area (Å²) in [7, 11) is 0. The molecule has 1 nitrogen and oxygen atoms in total. The van der Waals surface area contributed by atoms with Gasteiger partial charge in [0, 0.05) is 6.04 Å². The Kier molecular flexibility index (Phi) is 3.94. The number of benzene rings is 1. The molecule has 1 aliphatic rings. The van der Waals surface area contributed by atoms with Crippen LogP contribution >= 0.6 is 0 Å². The van der Waals surface area contributed by atoms with Crippen LogP contribution in [0.25, 0.3) is 0 Å². The minimum atomic E-state index is -0.115. The number of hydrogen-bond acceptors (Lipinski definition) is 1. The molecular weight excluding hydrogens is 201 g/mol. The van der Waals surface area contributed by atoms with Gasteiger partial charge in [-0.05, 0) is 56.5 Å². The fourth-order valence-electron chi connectivity index (χ4n) is 2.66. The van der Waals surface area contributed by atoms with Gasteiger partial charge in [-0.2, -0.15) is 0 Å².